The number of para-hydroxylation sites is 5. The first-order valence-electron chi connectivity index (χ1n) is 33.0. The third-order valence-corrected chi connectivity index (χ3v) is 21.3. The lowest BCUT2D eigenvalue weighted by Crippen LogP contribution is -2.61. The van der Waals surface area contributed by atoms with Gasteiger partial charge in [-0.25, -0.2) is 0 Å². The summed E-state index contributed by atoms with van der Waals surface area (Å²) in [5.41, 5.74) is 29.0. The Balaban J connectivity index is 0.960. The lowest BCUT2D eigenvalue weighted by atomic mass is 9.33. The molecule has 0 atom stereocenters. The van der Waals surface area contributed by atoms with E-state index >= 15 is 0 Å². The normalized spacial score (nSPS) is 12.5. The van der Waals surface area contributed by atoms with Crippen molar-refractivity contribution >= 4 is 132 Å². The Bertz CT molecular complexity index is 5690. The topological polar surface area (TPSA) is 24.6 Å². The minimum atomic E-state index is -0.237. The highest BCUT2D eigenvalue weighted by molar-refractivity contribution is 7.25. The number of aromatic nitrogens is 1. The summed E-state index contributed by atoms with van der Waals surface area (Å²) in [6, 6.07) is 127. The maximum absolute atomic E-state index is 6.49. The first-order chi connectivity index (χ1) is 47.6. The first-order valence-corrected chi connectivity index (χ1v) is 33.8. The van der Waals surface area contributed by atoms with E-state index in [1.165, 1.54) is 52.9 Å². The lowest BCUT2D eigenvalue weighted by molar-refractivity contribution is 0.669. The van der Waals surface area contributed by atoms with Crippen LogP contribution in [0.5, 0.6) is 0 Å². The summed E-state index contributed by atoms with van der Waals surface area (Å²) < 4.78 is 11.6. The lowest BCUT2D eigenvalue weighted by Gasteiger charge is -2.46. The van der Waals surface area contributed by atoms with Crippen LogP contribution in [0.25, 0.3) is 136 Å². The van der Waals surface area contributed by atoms with Crippen molar-refractivity contribution in [1.29, 1.82) is 0 Å². The number of fused-ring (bicyclic) bond motifs is 13. The standard InChI is InChI=1S/C90H56BN3OS/c1-5-23-57(24-6-1)66-35-21-36-67(58-25-7-2-8-26-58)89(66)93-80-53-63(61-45-49-85-74(51-61)72-33-15-19-41-84(72)95-85)43-47-76(80)91-77-48-44-64(62-46-50-87-75(52-62)73-34-16-20-42-86(73)96-87)54-81(77)94(90-68(59-27-9-3-10-28-59)37-22-38-69(90)60-29-11-4-12-30-60)83-56-65(55-82(93)88(83)91)92-78-39-17-13-31-70(78)71-32-14-18-40-79(71)92/h1-56H. The number of anilines is 6. The summed E-state index contributed by atoms with van der Waals surface area (Å²) in [6.07, 6.45) is 0. The van der Waals surface area contributed by atoms with E-state index in [4.69, 9.17) is 4.42 Å². The summed E-state index contributed by atoms with van der Waals surface area (Å²) in [5, 5.41) is 7.17. The molecule has 4 nitrogen and oxygen atoms in total. The van der Waals surface area contributed by atoms with Gasteiger partial charge in [0, 0.05) is 86.7 Å². The number of furan rings is 1. The summed E-state index contributed by atoms with van der Waals surface area (Å²) in [4.78, 5) is 5.35. The second-order valence-electron chi connectivity index (χ2n) is 25.4. The molecule has 5 heterocycles. The molecule has 0 radical (unpaired) electrons. The van der Waals surface area contributed by atoms with Gasteiger partial charge in [0.25, 0.3) is 6.71 Å². The summed E-state index contributed by atoms with van der Waals surface area (Å²) in [6.45, 7) is -0.237. The van der Waals surface area contributed by atoms with Crippen LogP contribution in [0.4, 0.5) is 34.1 Å². The predicted octanol–water partition coefficient (Wildman–Crippen LogP) is 23.1. The minimum Gasteiger partial charge on any atom is -0.456 e. The molecule has 446 valence electrons. The Morgan fingerprint density at radius 2 is 0.656 bits per heavy atom. The molecule has 0 saturated carbocycles. The van der Waals surface area contributed by atoms with Crippen molar-refractivity contribution in [3.05, 3.63) is 340 Å². The molecule has 0 saturated heterocycles. The zero-order chi connectivity index (χ0) is 63.0. The van der Waals surface area contributed by atoms with Crippen molar-refractivity contribution in [2.45, 2.75) is 0 Å². The van der Waals surface area contributed by atoms with Crippen LogP contribution in [0.1, 0.15) is 0 Å². The molecule has 15 aromatic carbocycles. The van der Waals surface area contributed by atoms with E-state index in [1.807, 2.05) is 11.3 Å². The summed E-state index contributed by atoms with van der Waals surface area (Å²) in [5.74, 6) is 0. The van der Waals surface area contributed by atoms with Crippen LogP contribution in [0.2, 0.25) is 0 Å². The van der Waals surface area contributed by atoms with Gasteiger partial charge in [-0.05, 0) is 134 Å². The third-order valence-electron chi connectivity index (χ3n) is 20.2. The van der Waals surface area contributed by atoms with Gasteiger partial charge in [-0.15, -0.1) is 11.3 Å². The highest BCUT2D eigenvalue weighted by Crippen LogP contribution is 2.55. The maximum atomic E-state index is 6.49. The van der Waals surface area contributed by atoms with Crippen LogP contribution in [0, 0.1) is 0 Å². The molecule has 0 amide bonds. The molecule has 96 heavy (non-hydrogen) atoms. The van der Waals surface area contributed by atoms with E-state index in [2.05, 4.69) is 354 Å². The highest BCUT2D eigenvalue weighted by atomic mass is 32.1. The maximum Gasteiger partial charge on any atom is 0.252 e. The SMILES string of the molecule is c1ccc(-c2cccc(-c3ccccc3)c2N2c3cc(-c4ccc5oc6ccccc6c5c4)ccc3B3c4ccc(-c5ccc6sc7ccccc7c6c5)cc4N(c4c(-c5ccccc5)cccc4-c4ccccc4)c4cc(-n5c6ccccc6c6ccccc65)cc2c43)cc1. The van der Waals surface area contributed by atoms with E-state index in [9.17, 15) is 0 Å². The Hall–Kier alpha value is -12.2. The molecule has 0 bridgehead atoms. The van der Waals surface area contributed by atoms with Crippen molar-refractivity contribution in [2.24, 2.45) is 0 Å². The third kappa shape index (κ3) is 8.42. The van der Waals surface area contributed by atoms with Gasteiger partial charge >= 0.3 is 0 Å². The highest BCUT2D eigenvalue weighted by Gasteiger charge is 2.46. The molecule has 2 aliphatic rings. The molecule has 0 spiro atoms. The molecule has 3 aromatic heterocycles. The molecule has 0 N–H and O–H groups in total. The smallest absolute Gasteiger partial charge is 0.252 e. The van der Waals surface area contributed by atoms with Crippen molar-refractivity contribution in [1.82, 2.24) is 4.57 Å². The molecule has 6 heteroatoms. The number of hydrogen-bond acceptors (Lipinski definition) is 4. The van der Waals surface area contributed by atoms with Gasteiger partial charge in [-0.3, -0.25) is 0 Å². The van der Waals surface area contributed by atoms with Crippen molar-refractivity contribution < 1.29 is 4.42 Å². The van der Waals surface area contributed by atoms with Crippen LogP contribution in [0.3, 0.4) is 0 Å². The average molecular weight is 1240 g/mol. The van der Waals surface area contributed by atoms with Crippen LogP contribution in [-0.4, -0.2) is 11.3 Å². The van der Waals surface area contributed by atoms with Crippen molar-refractivity contribution in [3.63, 3.8) is 0 Å². The van der Waals surface area contributed by atoms with E-state index in [1.54, 1.807) is 0 Å². The average Bonchev–Trinajstić information content (AvgIpc) is 0.696. The Labute approximate surface area is 559 Å². The Morgan fingerprint density at radius 1 is 0.260 bits per heavy atom. The predicted molar refractivity (Wildman–Crippen MR) is 408 cm³/mol. The largest absolute Gasteiger partial charge is 0.456 e. The van der Waals surface area contributed by atoms with E-state index in [-0.39, 0.29) is 6.71 Å². The molecule has 0 fully saturated rings. The number of nitrogens with zero attached hydrogens (tertiary/aromatic N) is 3. The van der Waals surface area contributed by atoms with E-state index in [0.717, 1.165) is 134 Å². The van der Waals surface area contributed by atoms with Crippen LogP contribution in [-0.2, 0) is 0 Å². The van der Waals surface area contributed by atoms with Crippen LogP contribution in [0.15, 0.2) is 344 Å². The van der Waals surface area contributed by atoms with Gasteiger partial charge in [0.15, 0.2) is 0 Å². The Kier molecular flexibility index (Phi) is 12.3. The fourth-order valence-electron chi connectivity index (χ4n) is 15.9. The monoisotopic (exact) mass is 1240 g/mol. The summed E-state index contributed by atoms with van der Waals surface area (Å²) >= 11 is 1.86. The van der Waals surface area contributed by atoms with Gasteiger partial charge in [-0.2, -0.15) is 0 Å². The van der Waals surface area contributed by atoms with Gasteiger partial charge < -0.3 is 18.8 Å². The van der Waals surface area contributed by atoms with Gasteiger partial charge in [0.05, 0.1) is 28.1 Å². The fraction of sp³-hybridized carbons (Fsp3) is 0. The fourth-order valence-corrected chi connectivity index (χ4v) is 17.0. The van der Waals surface area contributed by atoms with Crippen molar-refractivity contribution in [2.75, 3.05) is 9.80 Å². The van der Waals surface area contributed by atoms with Crippen LogP contribution < -0.4 is 26.2 Å². The molecule has 18 aromatic rings. The van der Waals surface area contributed by atoms with Gasteiger partial charge in [0.2, 0.25) is 0 Å². The second kappa shape index (κ2) is 21.7. The molecule has 0 unspecified atom stereocenters. The number of rotatable bonds is 9. The van der Waals surface area contributed by atoms with Crippen molar-refractivity contribution in [3.8, 4) is 72.4 Å². The zero-order valence-corrected chi connectivity index (χ0v) is 52.9. The molecule has 0 aliphatic carbocycles. The van der Waals surface area contributed by atoms with E-state index < -0.39 is 0 Å². The van der Waals surface area contributed by atoms with E-state index in [0.29, 0.717) is 0 Å². The quantitative estimate of drug-likeness (QED) is 0.135. The van der Waals surface area contributed by atoms with Gasteiger partial charge in [-0.1, -0.05) is 267 Å². The number of benzene rings is 15. The molecule has 20 rings (SSSR count). The summed E-state index contributed by atoms with van der Waals surface area (Å²) in [7, 11) is 0. The second-order valence-corrected chi connectivity index (χ2v) is 26.5. The first kappa shape index (κ1) is 54.4. The Morgan fingerprint density at radius 3 is 1.18 bits per heavy atom. The minimum absolute atomic E-state index is 0.237. The van der Waals surface area contributed by atoms with Crippen LogP contribution >= 0.6 is 11.3 Å². The number of hydrogen-bond donors (Lipinski definition) is 0. The van der Waals surface area contributed by atoms with Gasteiger partial charge in [0.1, 0.15) is 11.2 Å². The number of thiophene rings is 1. The molecular weight excluding hydrogens is 1180 g/mol. The zero-order valence-electron chi connectivity index (χ0n) is 52.1. The molecular formula is C90H56BN3OS. The molecule has 2 aliphatic heterocycles.